The minimum absolute atomic E-state index is 0.607. The van der Waals surface area contributed by atoms with Gasteiger partial charge in [0.15, 0.2) is 0 Å². The lowest BCUT2D eigenvalue weighted by Gasteiger charge is -2.11. The third-order valence-electron chi connectivity index (χ3n) is 3.84. The molecule has 3 aromatic rings. The molecule has 0 amide bonds. The zero-order valence-electron chi connectivity index (χ0n) is 13.9. The van der Waals surface area contributed by atoms with Gasteiger partial charge in [-0.3, -0.25) is 0 Å². The number of ether oxygens (including phenoxy) is 2. The summed E-state index contributed by atoms with van der Waals surface area (Å²) in [7, 11) is 1.68. The number of methoxy groups -OCH3 is 1. The summed E-state index contributed by atoms with van der Waals surface area (Å²) in [5.74, 6) is 0.871. The second-order valence-electron chi connectivity index (χ2n) is 5.52. The first kappa shape index (κ1) is 16.5. The molecule has 126 valence electrons. The molecule has 24 heavy (non-hydrogen) atoms. The van der Waals surface area contributed by atoms with Crippen LogP contribution in [0.5, 0.6) is 0 Å². The Labute approximate surface area is 142 Å². The molecule has 0 bridgehead atoms. The van der Waals surface area contributed by atoms with E-state index in [1.54, 1.807) is 7.11 Å². The Morgan fingerprint density at radius 2 is 1.75 bits per heavy atom. The normalized spacial score (nSPS) is 11.0. The number of imidazole rings is 1. The number of nitrogens with one attached hydrogen (secondary N) is 1. The quantitative estimate of drug-likeness (QED) is 0.613. The maximum Gasteiger partial charge on any atom is 0.204 e. The Morgan fingerprint density at radius 3 is 2.58 bits per heavy atom. The van der Waals surface area contributed by atoms with Crippen molar-refractivity contribution in [2.24, 2.45) is 0 Å². The van der Waals surface area contributed by atoms with Crippen LogP contribution in [0.3, 0.4) is 0 Å². The number of para-hydroxylation sites is 2. The number of rotatable bonds is 9. The standard InChI is InChI=1S/C19H23N3O2/c1-23-13-14-24-12-11-22-18-10-6-5-9-17(18)21-19(22)20-15-16-7-3-2-4-8-16/h2-10H,11-15H2,1H3,(H,20,21). The average Bonchev–Trinajstić information content (AvgIpc) is 2.98. The number of fused-ring (bicyclic) bond motifs is 1. The minimum Gasteiger partial charge on any atom is -0.382 e. The van der Waals surface area contributed by atoms with Crippen LogP contribution in [0, 0.1) is 0 Å². The Balaban J connectivity index is 1.72. The molecule has 5 nitrogen and oxygen atoms in total. The summed E-state index contributed by atoms with van der Waals surface area (Å²) in [5, 5.41) is 3.44. The fraction of sp³-hybridized carbons (Fsp3) is 0.316. The predicted molar refractivity (Wildman–Crippen MR) is 96.2 cm³/mol. The maximum atomic E-state index is 5.61. The molecule has 0 saturated heterocycles. The zero-order chi connectivity index (χ0) is 16.6. The molecular formula is C19H23N3O2. The highest BCUT2D eigenvalue weighted by Crippen LogP contribution is 2.20. The highest BCUT2D eigenvalue weighted by Gasteiger charge is 2.10. The van der Waals surface area contributed by atoms with Crippen LogP contribution in [0.1, 0.15) is 5.56 Å². The highest BCUT2D eigenvalue weighted by atomic mass is 16.5. The number of anilines is 1. The molecule has 0 saturated carbocycles. The fourth-order valence-corrected chi connectivity index (χ4v) is 2.61. The van der Waals surface area contributed by atoms with Gasteiger partial charge in [-0.25, -0.2) is 4.98 Å². The van der Waals surface area contributed by atoms with Gasteiger partial charge in [-0.15, -0.1) is 0 Å². The van der Waals surface area contributed by atoms with Crippen LogP contribution < -0.4 is 5.32 Å². The number of hydrogen-bond acceptors (Lipinski definition) is 4. The Bertz CT molecular complexity index is 756. The van der Waals surface area contributed by atoms with Crippen molar-refractivity contribution >= 4 is 17.0 Å². The van der Waals surface area contributed by atoms with Crippen molar-refractivity contribution in [1.29, 1.82) is 0 Å². The van der Waals surface area contributed by atoms with Crippen LogP contribution >= 0.6 is 0 Å². The monoisotopic (exact) mass is 325 g/mol. The van der Waals surface area contributed by atoms with Crippen LogP contribution in [0.4, 0.5) is 5.95 Å². The summed E-state index contributed by atoms with van der Waals surface area (Å²) < 4.78 is 12.8. The lowest BCUT2D eigenvalue weighted by Crippen LogP contribution is -2.12. The lowest BCUT2D eigenvalue weighted by atomic mass is 10.2. The van der Waals surface area contributed by atoms with Gasteiger partial charge in [0.1, 0.15) is 0 Å². The topological polar surface area (TPSA) is 48.3 Å². The van der Waals surface area contributed by atoms with Crippen molar-refractivity contribution in [2.75, 3.05) is 32.2 Å². The molecule has 1 aromatic heterocycles. The van der Waals surface area contributed by atoms with Crippen molar-refractivity contribution in [3.05, 3.63) is 60.2 Å². The van der Waals surface area contributed by atoms with E-state index in [1.165, 1.54) is 5.56 Å². The molecule has 0 unspecified atom stereocenters. The summed E-state index contributed by atoms with van der Waals surface area (Å²) in [5.41, 5.74) is 3.33. The van der Waals surface area contributed by atoms with Crippen LogP contribution in [0.2, 0.25) is 0 Å². The second kappa shape index (κ2) is 8.47. The van der Waals surface area contributed by atoms with Crippen molar-refractivity contribution in [3.63, 3.8) is 0 Å². The van der Waals surface area contributed by atoms with E-state index in [9.17, 15) is 0 Å². The first-order valence-electron chi connectivity index (χ1n) is 8.18. The van der Waals surface area contributed by atoms with Gasteiger partial charge in [0.25, 0.3) is 0 Å². The molecule has 3 rings (SSSR count). The predicted octanol–water partition coefficient (Wildman–Crippen LogP) is 3.31. The third kappa shape index (κ3) is 4.13. The van der Waals surface area contributed by atoms with Gasteiger partial charge in [0.2, 0.25) is 5.95 Å². The van der Waals surface area contributed by atoms with Crippen LogP contribution in [-0.4, -0.2) is 36.5 Å². The van der Waals surface area contributed by atoms with E-state index in [-0.39, 0.29) is 0 Å². The molecule has 2 aromatic carbocycles. The minimum atomic E-state index is 0.607. The molecule has 1 N–H and O–H groups in total. The molecule has 0 atom stereocenters. The summed E-state index contributed by atoms with van der Waals surface area (Å²) in [6.07, 6.45) is 0. The molecule has 0 spiro atoms. The first-order chi connectivity index (χ1) is 11.9. The molecule has 1 heterocycles. The number of nitrogens with zero attached hydrogens (tertiary/aromatic N) is 2. The van der Waals surface area contributed by atoms with Gasteiger partial charge in [-0.1, -0.05) is 42.5 Å². The van der Waals surface area contributed by atoms with E-state index in [0.29, 0.717) is 19.8 Å². The summed E-state index contributed by atoms with van der Waals surface area (Å²) in [6, 6.07) is 18.5. The molecular weight excluding hydrogens is 302 g/mol. The molecule has 0 aliphatic heterocycles. The fourth-order valence-electron chi connectivity index (χ4n) is 2.61. The van der Waals surface area contributed by atoms with Gasteiger partial charge in [-0.2, -0.15) is 0 Å². The second-order valence-corrected chi connectivity index (χ2v) is 5.52. The average molecular weight is 325 g/mol. The lowest BCUT2D eigenvalue weighted by molar-refractivity contribution is 0.0671. The zero-order valence-corrected chi connectivity index (χ0v) is 13.9. The molecule has 0 fully saturated rings. The number of aromatic nitrogens is 2. The smallest absolute Gasteiger partial charge is 0.204 e. The van der Waals surface area contributed by atoms with Gasteiger partial charge < -0.3 is 19.4 Å². The summed E-state index contributed by atoms with van der Waals surface area (Å²) in [6.45, 7) is 3.35. The Kier molecular flexibility index (Phi) is 5.82. The SMILES string of the molecule is COCCOCCn1c(NCc2ccccc2)nc2ccccc21. The van der Waals surface area contributed by atoms with Gasteiger partial charge in [-0.05, 0) is 17.7 Å². The summed E-state index contributed by atoms with van der Waals surface area (Å²) >= 11 is 0. The van der Waals surface area contributed by atoms with E-state index in [1.807, 2.05) is 36.4 Å². The number of hydrogen-bond donors (Lipinski definition) is 1. The van der Waals surface area contributed by atoms with Crippen LogP contribution in [0.15, 0.2) is 54.6 Å². The Hall–Kier alpha value is -2.37. The van der Waals surface area contributed by atoms with E-state index < -0.39 is 0 Å². The number of benzene rings is 2. The largest absolute Gasteiger partial charge is 0.382 e. The van der Waals surface area contributed by atoms with Gasteiger partial charge >= 0.3 is 0 Å². The maximum absolute atomic E-state index is 5.61. The molecule has 0 aliphatic rings. The molecule has 0 aliphatic carbocycles. The third-order valence-corrected chi connectivity index (χ3v) is 3.84. The first-order valence-corrected chi connectivity index (χ1v) is 8.18. The van der Waals surface area contributed by atoms with E-state index in [0.717, 1.165) is 30.1 Å². The van der Waals surface area contributed by atoms with Gasteiger partial charge in [0.05, 0.1) is 30.9 Å². The van der Waals surface area contributed by atoms with Crippen LogP contribution in [0.25, 0.3) is 11.0 Å². The highest BCUT2D eigenvalue weighted by molar-refractivity contribution is 5.78. The summed E-state index contributed by atoms with van der Waals surface area (Å²) in [4.78, 5) is 4.71. The van der Waals surface area contributed by atoms with E-state index in [2.05, 4.69) is 28.1 Å². The van der Waals surface area contributed by atoms with Crippen molar-refractivity contribution in [1.82, 2.24) is 9.55 Å². The van der Waals surface area contributed by atoms with E-state index >= 15 is 0 Å². The van der Waals surface area contributed by atoms with Crippen LogP contribution in [-0.2, 0) is 22.6 Å². The molecule has 5 heteroatoms. The van der Waals surface area contributed by atoms with Crippen molar-refractivity contribution in [2.45, 2.75) is 13.1 Å². The van der Waals surface area contributed by atoms with E-state index in [4.69, 9.17) is 14.5 Å². The van der Waals surface area contributed by atoms with Crippen molar-refractivity contribution < 1.29 is 9.47 Å². The van der Waals surface area contributed by atoms with Crippen molar-refractivity contribution in [3.8, 4) is 0 Å². The molecule has 0 radical (unpaired) electrons. The van der Waals surface area contributed by atoms with Gasteiger partial charge in [0, 0.05) is 20.2 Å². The Morgan fingerprint density at radius 1 is 0.958 bits per heavy atom.